The minimum atomic E-state index is -0.870. The molecule has 13 heteroatoms. The normalized spacial score (nSPS) is 15.1. The summed E-state index contributed by atoms with van der Waals surface area (Å²) in [4.78, 5) is 63.7. The molecule has 3 atom stereocenters. The van der Waals surface area contributed by atoms with Gasteiger partial charge in [0.1, 0.15) is 12.1 Å². The number of methoxy groups -OCH3 is 2. The van der Waals surface area contributed by atoms with Crippen LogP contribution in [0.4, 0.5) is 4.79 Å². The van der Waals surface area contributed by atoms with Gasteiger partial charge in [0.2, 0.25) is 5.91 Å². The van der Waals surface area contributed by atoms with E-state index in [1.807, 2.05) is 48.5 Å². The SMILES string of the molecule is COC(=O)C1CC(NC(=O)OCC#Cc2cc(C#CCOC(=O)Cc3cccc(CN)c3)cc(C(C=O)OC)c2)CN1C(=O)CCc1cccc(CN)c1. The van der Waals surface area contributed by atoms with E-state index < -0.39 is 36.2 Å². The van der Waals surface area contributed by atoms with Gasteiger partial charge >= 0.3 is 18.0 Å². The van der Waals surface area contributed by atoms with Crippen LogP contribution in [0.2, 0.25) is 0 Å². The molecule has 2 amide bonds. The van der Waals surface area contributed by atoms with Crippen molar-refractivity contribution in [2.45, 2.75) is 57.0 Å². The lowest BCUT2D eigenvalue weighted by Gasteiger charge is -2.22. The van der Waals surface area contributed by atoms with Gasteiger partial charge in [0.25, 0.3) is 0 Å². The van der Waals surface area contributed by atoms with Crippen molar-refractivity contribution in [2.75, 3.05) is 34.0 Å². The molecule has 1 heterocycles. The van der Waals surface area contributed by atoms with E-state index >= 15 is 0 Å². The molecule has 1 saturated heterocycles. The highest BCUT2D eigenvalue weighted by Gasteiger charge is 2.40. The third-order valence-corrected chi connectivity index (χ3v) is 8.55. The summed E-state index contributed by atoms with van der Waals surface area (Å²) in [6.07, 6.45) is -0.119. The van der Waals surface area contributed by atoms with Gasteiger partial charge in [-0.15, -0.1) is 0 Å². The fraction of sp³-hybridized carbons (Fsp3) is 0.341. The lowest BCUT2D eigenvalue weighted by atomic mass is 10.0. The van der Waals surface area contributed by atoms with Crippen molar-refractivity contribution in [1.82, 2.24) is 10.2 Å². The second kappa shape index (κ2) is 20.9. The Hall–Kier alpha value is -5.99. The number of carbonyl (C=O) groups is 5. The monoisotopic (exact) mass is 736 g/mol. The second-order valence-corrected chi connectivity index (χ2v) is 12.4. The van der Waals surface area contributed by atoms with Crippen molar-refractivity contribution >= 4 is 30.2 Å². The standard InChI is InChI=1S/C41H44N4O9/c1-51-37(27-46)34-20-29(11-5-15-53-39(48)22-31-8-4-10-33(19-31)25-43)18-30(21-34)12-6-16-54-41(50)44-35-23-36(40(49)52-2)45(26-35)38(47)14-13-28-7-3-9-32(17-28)24-42/h3-4,7-10,17-21,27,35-37H,13-16,22-26,42-43H2,1-2H3,(H,44,50). The van der Waals surface area contributed by atoms with E-state index in [9.17, 15) is 24.0 Å². The Kier molecular flexibility index (Phi) is 15.8. The number of nitrogens with zero attached hydrogens (tertiary/aromatic N) is 1. The minimum Gasteiger partial charge on any atom is -0.467 e. The lowest BCUT2D eigenvalue weighted by molar-refractivity contribution is -0.150. The molecule has 0 bridgehead atoms. The van der Waals surface area contributed by atoms with E-state index in [0.717, 1.165) is 22.3 Å². The quantitative estimate of drug-likeness (QED) is 0.0955. The molecule has 3 unspecified atom stereocenters. The fourth-order valence-electron chi connectivity index (χ4n) is 5.90. The molecular weight excluding hydrogens is 692 g/mol. The van der Waals surface area contributed by atoms with Gasteiger partial charge in [-0.25, -0.2) is 9.59 Å². The summed E-state index contributed by atoms with van der Waals surface area (Å²) >= 11 is 0. The molecule has 13 nitrogen and oxygen atoms in total. The number of aryl methyl sites for hydroxylation is 1. The zero-order valence-corrected chi connectivity index (χ0v) is 30.3. The summed E-state index contributed by atoms with van der Waals surface area (Å²) in [6.45, 7) is 0.441. The van der Waals surface area contributed by atoms with Crippen LogP contribution in [-0.4, -0.2) is 81.2 Å². The summed E-state index contributed by atoms with van der Waals surface area (Å²) in [5, 5.41) is 2.70. The number of nitrogens with one attached hydrogen (secondary N) is 1. The van der Waals surface area contributed by atoms with Crippen LogP contribution < -0.4 is 16.8 Å². The minimum absolute atomic E-state index is 0.0819. The third kappa shape index (κ3) is 12.3. The highest BCUT2D eigenvalue weighted by molar-refractivity contribution is 5.85. The Morgan fingerprint density at radius 3 is 2.09 bits per heavy atom. The fourth-order valence-corrected chi connectivity index (χ4v) is 5.90. The zero-order chi connectivity index (χ0) is 38.9. The summed E-state index contributed by atoms with van der Waals surface area (Å²) in [5.74, 6) is 10.1. The van der Waals surface area contributed by atoms with Crippen LogP contribution in [0.25, 0.3) is 0 Å². The molecule has 3 aromatic carbocycles. The molecule has 1 fully saturated rings. The number of alkyl carbamates (subject to hydrolysis) is 1. The number of amides is 2. The molecular formula is C41H44N4O9. The van der Waals surface area contributed by atoms with Crippen LogP contribution in [0.5, 0.6) is 0 Å². The number of ether oxygens (including phenoxy) is 4. The number of aldehydes is 1. The first-order chi connectivity index (χ1) is 26.2. The van der Waals surface area contributed by atoms with Crippen LogP contribution in [0, 0.1) is 23.7 Å². The molecule has 282 valence electrons. The van der Waals surface area contributed by atoms with Gasteiger partial charge in [-0.1, -0.05) is 72.2 Å². The van der Waals surface area contributed by atoms with E-state index in [-0.39, 0.29) is 44.9 Å². The molecule has 3 aromatic rings. The van der Waals surface area contributed by atoms with Gasteiger partial charge in [0.05, 0.1) is 19.6 Å². The Bertz CT molecular complexity index is 1940. The molecule has 0 aromatic heterocycles. The maximum absolute atomic E-state index is 13.2. The molecule has 0 spiro atoms. The molecule has 54 heavy (non-hydrogen) atoms. The predicted molar refractivity (Wildman–Crippen MR) is 198 cm³/mol. The number of rotatable bonds is 14. The van der Waals surface area contributed by atoms with Gasteiger partial charge in [0, 0.05) is 50.7 Å². The number of hydrogen-bond donors (Lipinski definition) is 3. The Morgan fingerprint density at radius 1 is 0.870 bits per heavy atom. The van der Waals surface area contributed by atoms with Gasteiger partial charge in [0.15, 0.2) is 19.5 Å². The molecule has 1 aliphatic heterocycles. The molecule has 4 rings (SSSR count). The molecule has 5 N–H and O–H groups in total. The summed E-state index contributed by atoms with van der Waals surface area (Å²) in [6, 6.07) is 18.6. The number of likely N-dealkylation sites (tertiary alicyclic amines) is 1. The highest BCUT2D eigenvalue weighted by atomic mass is 16.5. The van der Waals surface area contributed by atoms with Crippen LogP contribution in [-0.2, 0) is 64.1 Å². The smallest absolute Gasteiger partial charge is 0.408 e. The largest absolute Gasteiger partial charge is 0.467 e. The Balaban J connectivity index is 1.32. The highest BCUT2D eigenvalue weighted by Crippen LogP contribution is 2.22. The summed E-state index contributed by atoms with van der Waals surface area (Å²) < 4.78 is 20.7. The Morgan fingerprint density at radius 2 is 1.48 bits per heavy atom. The first-order valence-electron chi connectivity index (χ1n) is 17.3. The average Bonchev–Trinajstić information content (AvgIpc) is 3.61. The van der Waals surface area contributed by atoms with Crippen molar-refractivity contribution < 1.29 is 42.9 Å². The first kappa shape index (κ1) is 40.8. The average molecular weight is 737 g/mol. The molecule has 0 saturated carbocycles. The van der Waals surface area contributed by atoms with Crippen LogP contribution in [0.3, 0.4) is 0 Å². The zero-order valence-electron chi connectivity index (χ0n) is 30.3. The van der Waals surface area contributed by atoms with Gasteiger partial charge in [-0.05, 0) is 52.4 Å². The summed E-state index contributed by atoms with van der Waals surface area (Å²) in [7, 11) is 2.65. The lowest BCUT2D eigenvalue weighted by Crippen LogP contribution is -2.42. The molecule has 0 aliphatic carbocycles. The van der Waals surface area contributed by atoms with Crippen molar-refractivity contribution in [3.63, 3.8) is 0 Å². The first-order valence-corrected chi connectivity index (χ1v) is 17.3. The van der Waals surface area contributed by atoms with Crippen molar-refractivity contribution in [3.8, 4) is 23.7 Å². The number of hydrogen-bond acceptors (Lipinski definition) is 11. The molecule has 1 aliphatic rings. The maximum atomic E-state index is 13.2. The molecule has 0 radical (unpaired) electrons. The van der Waals surface area contributed by atoms with Gasteiger partial charge < -0.3 is 45.4 Å². The predicted octanol–water partition coefficient (Wildman–Crippen LogP) is 2.48. The van der Waals surface area contributed by atoms with Crippen molar-refractivity contribution in [2.24, 2.45) is 11.5 Å². The van der Waals surface area contributed by atoms with Crippen LogP contribution in [0.1, 0.15) is 57.9 Å². The van der Waals surface area contributed by atoms with Gasteiger partial charge in [-0.2, -0.15) is 0 Å². The van der Waals surface area contributed by atoms with Crippen molar-refractivity contribution in [3.05, 3.63) is 106 Å². The second-order valence-electron chi connectivity index (χ2n) is 12.4. The van der Waals surface area contributed by atoms with Crippen molar-refractivity contribution in [1.29, 1.82) is 0 Å². The number of benzene rings is 3. The number of esters is 2. The third-order valence-electron chi connectivity index (χ3n) is 8.55. The maximum Gasteiger partial charge on any atom is 0.408 e. The van der Waals surface area contributed by atoms with Crippen LogP contribution >= 0.6 is 0 Å². The number of carbonyl (C=O) groups excluding carboxylic acids is 5. The topological polar surface area (TPSA) is 190 Å². The number of nitrogens with two attached hydrogens (primary N) is 2. The van der Waals surface area contributed by atoms with Gasteiger partial charge in [-0.3, -0.25) is 9.59 Å². The van der Waals surface area contributed by atoms with E-state index in [2.05, 4.69) is 29.0 Å². The van der Waals surface area contributed by atoms with E-state index in [1.54, 1.807) is 18.2 Å². The van der Waals surface area contributed by atoms with E-state index in [0.29, 0.717) is 42.5 Å². The summed E-state index contributed by atoms with van der Waals surface area (Å²) in [5.41, 5.74) is 16.5. The van der Waals surface area contributed by atoms with E-state index in [4.69, 9.17) is 30.4 Å². The Labute approximate surface area is 314 Å². The van der Waals surface area contributed by atoms with E-state index in [1.165, 1.54) is 19.1 Å². The van der Waals surface area contributed by atoms with Crippen LogP contribution in [0.15, 0.2) is 66.7 Å².